The average molecular weight is 287 g/mol. The second kappa shape index (κ2) is 8.82. The van der Waals surface area contributed by atoms with Crippen LogP contribution < -0.4 is 0 Å². The summed E-state index contributed by atoms with van der Waals surface area (Å²) in [6.07, 6.45) is 2.66. The van der Waals surface area contributed by atoms with E-state index in [4.69, 9.17) is 9.47 Å². The Morgan fingerprint density at radius 1 is 1.20 bits per heavy atom. The summed E-state index contributed by atoms with van der Waals surface area (Å²) in [7, 11) is 1.35. The van der Waals surface area contributed by atoms with Crippen LogP contribution in [0.25, 0.3) is 0 Å². The van der Waals surface area contributed by atoms with Crippen LogP contribution in [0.3, 0.4) is 0 Å². The van der Waals surface area contributed by atoms with Crippen LogP contribution in [-0.2, 0) is 14.3 Å². The van der Waals surface area contributed by atoms with Gasteiger partial charge in [0.2, 0.25) is 0 Å². The molecule has 0 aliphatic heterocycles. The van der Waals surface area contributed by atoms with E-state index < -0.39 is 5.60 Å². The first-order valence-electron chi connectivity index (χ1n) is 7.27. The predicted octanol–water partition coefficient (Wildman–Crippen LogP) is 3.22. The maximum Gasteiger partial charge on any atom is 0.410 e. The third-order valence-electron chi connectivity index (χ3n) is 2.78. The van der Waals surface area contributed by atoms with E-state index in [1.54, 1.807) is 11.8 Å². The highest BCUT2D eigenvalue weighted by Crippen LogP contribution is 2.13. The van der Waals surface area contributed by atoms with Gasteiger partial charge in [0.05, 0.1) is 13.0 Å². The molecule has 0 bridgehead atoms. The first-order valence-corrected chi connectivity index (χ1v) is 7.27. The van der Waals surface area contributed by atoms with Crippen molar-refractivity contribution in [3.05, 3.63) is 0 Å². The van der Waals surface area contributed by atoms with E-state index in [1.807, 2.05) is 20.8 Å². The quantitative estimate of drug-likeness (QED) is 0.533. The SMILES string of the molecule is CCCCCN(CC(C)C(=O)OC)C(=O)OC(C)(C)C. The number of ether oxygens (including phenoxy) is 2. The van der Waals surface area contributed by atoms with E-state index in [9.17, 15) is 9.59 Å². The number of carbonyl (C=O) groups is 2. The van der Waals surface area contributed by atoms with Crippen LogP contribution in [0.2, 0.25) is 0 Å². The number of carbonyl (C=O) groups excluding carboxylic acids is 2. The van der Waals surface area contributed by atoms with Crippen LogP contribution in [0.4, 0.5) is 4.79 Å². The maximum absolute atomic E-state index is 12.2. The third kappa shape index (κ3) is 8.02. The molecule has 0 aromatic carbocycles. The van der Waals surface area contributed by atoms with Crippen molar-refractivity contribution >= 4 is 12.1 Å². The molecule has 0 rings (SSSR count). The lowest BCUT2D eigenvalue weighted by atomic mass is 10.1. The summed E-state index contributed by atoms with van der Waals surface area (Å²) in [6.45, 7) is 10.3. The minimum absolute atomic E-state index is 0.311. The van der Waals surface area contributed by atoms with Crippen LogP contribution in [0.1, 0.15) is 53.9 Å². The highest BCUT2D eigenvalue weighted by Gasteiger charge is 2.25. The number of rotatable bonds is 7. The topological polar surface area (TPSA) is 55.8 Å². The standard InChI is InChI=1S/C15H29NO4/c1-7-8-9-10-16(11-12(2)13(17)19-6)14(18)20-15(3,4)5/h12H,7-11H2,1-6H3. The molecular weight excluding hydrogens is 258 g/mol. The van der Waals surface area contributed by atoms with Crippen molar-refractivity contribution in [1.29, 1.82) is 0 Å². The van der Waals surface area contributed by atoms with Crippen molar-refractivity contribution < 1.29 is 19.1 Å². The highest BCUT2D eigenvalue weighted by molar-refractivity contribution is 5.74. The van der Waals surface area contributed by atoms with Gasteiger partial charge in [0.25, 0.3) is 0 Å². The molecule has 5 heteroatoms. The number of methoxy groups -OCH3 is 1. The summed E-state index contributed by atoms with van der Waals surface area (Å²) in [5, 5.41) is 0. The van der Waals surface area contributed by atoms with Crippen molar-refractivity contribution in [1.82, 2.24) is 4.90 Å². The molecule has 0 fully saturated rings. The number of nitrogens with zero attached hydrogens (tertiary/aromatic N) is 1. The molecule has 0 N–H and O–H groups in total. The van der Waals surface area contributed by atoms with Crippen LogP contribution in [-0.4, -0.2) is 42.8 Å². The number of hydrogen-bond acceptors (Lipinski definition) is 4. The first kappa shape index (κ1) is 18.7. The molecule has 1 amide bonds. The molecule has 1 unspecified atom stereocenters. The third-order valence-corrected chi connectivity index (χ3v) is 2.78. The zero-order valence-corrected chi connectivity index (χ0v) is 13.7. The molecule has 0 saturated carbocycles. The Balaban J connectivity index is 4.62. The zero-order valence-electron chi connectivity index (χ0n) is 13.7. The van der Waals surface area contributed by atoms with E-state index in [-0.39, 0.29) is 18.0 Å². The minimum atomic E-state index is -0.533. The van der Waals surface area contributed by atoms with Crippen molar-refractivity contribution in [3.8, 4) is 0 Å². The summed E-state index contributed by atoms with van der Waals surface area (Å²) in [6, 6.07) is 0. The van der Waals surface area contributed by atoms with Crippen LogP contribution in [0, 0.1) is 5.92 Å². The van der Waals surface area contributed by atoms with Crippen molar-refractivity contribution in [2.24, 2.45) is 5.92 Å². The van der Waals surface area contributed by atoms with E-state index in [2.05, 4.69) is 6.92 Å². The molecule has 0 radical (unpaired) electrons. The van der Waals surface area contributed by atoms with Gasteiger partial charge in [-0.25, -0.2) is 4.79 Å². The van der Waals surface area contributed by atoms with E-state index in [1.165, 1.54) is 7.11 Å². The lowest BCUT2D eigenvalue weighted by Crippen LogP contribution is -2.41. The smallest absolute Gasteiger partial charge is 0.410 e. The highest BCUT2D eigenvalue weighted by atomic mass is 16.6. The van der Waals surface area contributed by atoms with Gasteiger partial charge in [0, 0.05) is 13.1 Å². The molecule has 0 aromatic rings. The second-order valence-electron chi connectivity index (χ2n) is 6.06. The predicted molar refractivity (Wildman–Crippen MR) is 78.5 cm³/mol. The molecule has 20 heavy (non-hydrogen) atoms. The summed E-state index contributed by atoms with van der Waals surface area (Å²) in [5.41, 5.74) is -0.533. The fourth-order valence-corrected chi connectivity index (χ4v) is 1.74. The fraction of sp³-hybridized carbons (Fsp3) is 0.867. The van der Waals surface area contributed by atoms with Gasteiger partial charge in [0.15, 0.2) is 0 Å². The summed E-state index contributed by atoms with van der Waals surface area (Å²) >= 11 is 0. The van der Waals surface area contributed by atoms with E-state index >= 15 is 0 Å². The second-order valence-corrected chi connectivity index (χ2v) is 6.06. The lowest BCUT2D eigenvalue weighted by Gasteiger charge is -2.28. The molecule has 0 aliphatic carbocycles. The van der Waals surface area contributed by atoms with Gasteiger partial charge in [-0.1, -0.05) is 26.7 Å². The van der Waals surface area contributed by atoms with Gasteiger partial charge in [-0.05, 0) is 27.2 Å². The number of amides is 1. The van der Waals surface area contributed by atoms with Gasteiger partial charge in [0.1, 0.15) is 5.60 Å². The van der Waals surface area contributed by atoms with E-state index in [0.29, 0.717) is 13.1 Å². The molecule has 0 aliphatic rings. The number of esters is 1. The van der Waals surface area contributed by atoms with Crippen molar-refractivity contribution in [2.45, 2.75) is 59.5 Å². The normalized spacial score (nSPS) is 12.7. The van der Waals surface area contributed by atoms with Gasteiger partial charge < -0.3 is 14.4 Å². The summed E-state index contributed by atoms with van der Waals surface area (Å²) in [5.74, 6) is -0.664. The van der Waals surface area contributed by atoms with Crippen LogP contribution in [0.15, 0.2) is 0 Å². The molecule has 1 atom stereocenters. The Morgan fingerprint density at radius 2 is 1.80 bits per heavy atom. The maximum atomic E-state index is 12.2. The van der Waals surface area contributed by atoms with Gasteiger partial charge in [-0.2, -0.15) is 0 Å². The zero-order chi connectivity index (χ0) is 15.8. The molecule has 118 valence electrons. The Labute approximate surface area is 122 Å². The lowest BCUT2D eigenvalue weighted by molar-refractivity contribution is -0.145. The number of unbranched alkanes of at least 4 members (excludes halogenated alkanes) is 2. The molecule has 0 saturated heterocycles. The van der Waals surface area contributed by atoms with Gasteiger partial charge in [-0.15, -0.1) is 0 Å². The van der Waals surface area contributed by atoms with Crippen LogP contribution in [0.5, 0.6) is 0 Å². The largest absolute Gasteiger partial charge is 0.469 e. The summed E-state index contributed by atoms with van der Waals surface area (Å²) < 4.78 is 10.1. The molecule has 5 nitrogen and oxygen atoms in total. The molecule has 0 aromatic heterocycles. The van der Waals surface area contributed by atoms with E-state index in [0.717, 1.165) is 19.3 Å². The Hall–Kier alpha value is -1.26. The van der Waals surface area contributed by atoms with Gasteiger partial charge in [-0.3, -0.25) is 4.79 Å². The average Bonchev–Trinajstić information content (AvgIpc) is 2.34. The molecular formula is C15H29NO4. The van der Waals surface area contributed by atoms with Crippen molar-refractivity contribution in [2.75, 3.05) is 20.2 Å². The molecule has 0 spiro atoms. The monoisotopic (exact) mass is 287 g/mol. The fourth-order valence-electron chi connectivity index (χ4n) is 1.74. The van der Waals surface area contributed by atoms with Crippen LogP contribution >= 0.6 is 0 Å². The Morgan fingerprint density at radius 3 is 2.25 bits per heavy atom. The van der Waals surface area contributed by atoms with Gasteiger partial charge >= 0.3 is 12.1 Å². The molecule has 0 heterocycles. The summed E-state index contributed by atoms with van der Waals surface area (Å²) in [4.78, 5) is 25.2. The first-order chi connectivity index (χ1) is 9.21. The Bertz CT molecular complexity index is 309. The Kier molecular flexibility index (Phi) is 8.26. The number of hydrogen-bond donors (Lipinski definition) is 0. The van der Waals surface area contributed by atoms with Crippen molar-refractivity contribution in [3.63, 3.8) is 0 Å². The minimum Gasteiger partial charge on any atom is -0.469 e.